The Kier molecular flexibility index (Phi) is 25.5. The molecule has 0 atom stereocenters. The third kappa shape index (κ3) is 19.0. The second-order valence-electron chi connectivity index (χ2n) is 19.3. The Bertz CT molecular complexity index is 2270. The molecule has 6 rings (SSSR count). The molecule has 6 aromatic carbocycles. The van der Waals surface area contributed by atoms with Crippen LogP contribution in [-0.4, -0.2) is 26.4 Å². The highest BCUT2D eigenvalue weighted by atomic mass is 16.5. The molecule has 0 bridgehead atoms. The van der Waals surface area contributed by atoms with Crippen LogP contribution in [-0.2, 0) is 0 Å². The minimum Gasteiger partial charge on any atom is -0.493 e. The van der Waals surface area contributed by atoms with Gasteiger partial charge < -0.3 is 18.9 Å². The summed E-state index contributed by atoms with van der Waals surface area (Å²) < 4.78 is 26.4. The molecule has 0 saturated heterocycles. The highest BCUT2D eigenvalue weighted by Gasteiger charge is 2.17. The molecule has 0 N–H and O–H groups in total. The van der Waals surface area contributed by atoms with Crippen molar-refractivity contribution in [1.82, 2.24) is 0 Å². The van der Waals surface area contributed by atoms with Crippen molar-refractivity contribution in [2.45, 2.75) is 168 Å². The quantitative estimate of drug-likeness (QED) is 0.0365. The molecule has 374 valence electrons. The molecule has 4 nitrogen and oxygen atoms in total. The summed E-state index contributed by atoms with van der Waals surface area (Å²) in [5.41, 5.74) is 8.96. The number of unbranched alkanes of at least 4 members (excludes halogenated alkanes) is 21. The molecule has 0 fully saturated rings. The zero-order valence-corrected chi connectivity index (χ0v) is 43.3. The normalized spacial score (nSPS) is 11.2. The van der Waals surface area contributed by atoms with Gasteiger partial charge in [0, 0.05) is 22.3 Å². The van der Waals surface area contributed by atoms with E-state index in [0.717, 1.165) is 114 Å². The third-order valence-electron chi connectivity index (χ3n) is 13.6. The van der Waals surface area contributed by atoms with Crippen LogP contribution in [0.4, 0.5) is 0 Å². The van der Waals surface area contributed by atoms with E-state index < -0.39 is 0 Å². The zero-order chi connectivity index (χ0) is 48.5. The monoisotopic (exact) mass is 943 g/mol. The summed E-state index contributed by atoms with van der Waals surface area (Å²) in [6.45, 7) is 7.34. The standard InChI is InChI=1S/C66H86O4/c1-3-5-7-9-11-13-15-17-19-34-49-68-64-52-58(46-47-60(64)55-38-26-23-27-39-55)59-44-32-33-45-63(59)67-48-36-21-22-37-51-70-66-54-61(56-40-28-24-29-41-56)65(53-62(66)57-42-30-25-31-43-57)69-50-35-20-18-16-14-12-10-8-6-4-2/h23-33,38-47,52-54H,3-22,34-37,48-51H2,1-2H3. The van der Waals surface area contributed by atoms with Gasteiger partial charge in [0.15, 0.2) is 0 Å². The maximum atomic E-state index is 6.67. The van der Waals surface area contributed by atoms with Gasteiger partial charge in [0.25, 0.3) is 0 Å². The van der Waals surface area contributed by atoms with Crippen LogP contribution in [0.3, 0.4) is 0 Å². The van der Waals surface area contributed by atoms with Crippen molar-refractivity contribution >= 4 is 0 Å². The smallest absolute Gasteiger partial charge is 0.128 e. The molecule has 0 aliphatic carbocycles. The summed E-state index contributed by atoms with van der Waals surface area (Å²) in [4.78, 5) is 0. The van der Waals surface area contributed by atoms with Gasteiger partial charge >= 0.3 is 0 Å². The summed E-state index contributed by atoms with van der Waals surface area (Å²) in [6.07, 6.45) is 30.3. The highest BCUT2D eigenvalue weighted by Crippen LogP contribution is 2.42. The molecule has 6 aromatic rings. The number of benzene rings is 6. The van der Waals surface area contributed by atoms with Crippen LogP contribution in [0.5, 0.6) is 23.0 Å². The third-order valence-corrected chi connectivity index (χ3v) is 13.6. The van der Waals surface area contributed by atoms with Gasteiger partial charge in [-0.1, -0.05) is 251 Å². The number of rotatable bonds is 37. The lowest BCUT2D eigenvalue weighted by Crippen LogP contribution is -2.03. The first-order valence-corrected chi connectivity index (χ1v) is 27.8. The van der Waals surface area contributed by atoms with Crippen LogP contribution >= 0.6 is 0 Å². The van der Waals surface area contributed by atoms with E-state index in [4.69, 9.17) is 18.9 Å². The van der Waals surface area contributed by atoms with Crippen molar-refractivity contribution in [2.24, 2.45) is 0 Å². The SMILES string of the molecule is CCCCCCCCCCCCOc1cc(-c2ccccc2OCCCCCCOc2cc(-c3ccccc3)c(OCCCCCCCCCCCC)cc2-c2ccccc2)ccc1-c1ccccc1. The van der Waals surface area contributed by atoms with E-state index in [9.17, 15) is 0 Å². The minimum atomic E-state index is 0.652. The van der Waals surface area contributed by atoms with Crippen LogP contribution < -0.4 is 18.9 Å². The molecule has 4 heteroatoms. The number of para-hydroxylation sites is 1. The lowest BCUT2D eigenvalue weighted by molar-refractivity contribution is 0.287. The Labute approximate surface area is 424 Å². The molecule has 0 aliphatic heterocycles. The summed E-state index contributed by atoms with van der Waals surface area (Å²) in [5.74, 6) is 3.68. The van der Waals surface area contributed by atoms with Crippen molar-refractivity contribution in [3.8, 4) is 67.5 Å². The van der Waals surface area contributed by atoms with E-state index in [1.807, 2.05) is 0 Å². The Hall–Kier alpha value is -5.48. The number of hydrogen-bond acceptors (Lipinski definition) is 4. The molecule has 0 amide bonds. The molecule has 0 spiro atoms. The van der Waals surface area contributed by atoms with Gasteiger partial charge in [0.2, 0.25) is 0 Å². The molecule has 0 unspecified atom stereocenters. The first kappa shape index (κ1) is 53.9. The lowest BCUT2D eigenvalue weighted by atomic mass is 9.98. The summed E-state index contributed by atoms with van der Waals surface area (Å²) in [5, 5.41) is 0. The summed E-state index contributed by atoms with van der Waals surface area (Å²) in [6, 6.07) is 51.3. The highest BCUT2D eigenvalue weighted by molar-refractivity contribution is 5.81. The average molecular weight is 943 g/mol. The van der Waals surface area contributed by atoms with Gasteiger partial charge in [-0.05, 0) is 85.0 Å². The first-order valence-electron chi connectivity index (χ1n) is 27.8. The summed E-state index contributed by atoms with van der Waals surface area (Å²) in [7, 11) is 0. The predicted molar refractivity (Wildman–Crippen MR) is 299 cm³/mol. The second kappa shape index (κ2) is 33.2. The number of ether oxygens (including phenoxy) is 4. The van der Waals surface area contributed by atoms with E-state index in [1.54, 1.807) is 0 Å². The van der Waals surface area contributed by atoms with Crippen LogP contribution in [0, 0.1) is 0 Å². The molecular weight excluding hydrogens is 857 g/mol. The topological polar surface area (TPSA) is 36.9 Å². The fourth-order valence-electron chi connectivity index (χ4n) is 9.45. The Balaban J connectivity index is 0.990. The van der Waals surface area contributed by atoms with Gasteiger partial charge in [-0.2, -0.15) is 0 Å². The van der Waals surface area contributed by atoms with Gasteiger partial charge in [-0.25, -0.2) is 0 Å². The summed E-state index contributed by atoms with van der Waals surface area (Å²) >= 11 is 0. The molecule has 0 radical (unpaired) electrons. The average Bonchev–Trinajstić information content (AvgIpc) is 3.41. The van der Waals surface area contributed by atoms with Gasteiger partial charge in [0.05, 0.1) is 26.4 Å². The Morgan fingerprint density at radius 3 is 0.929 bits per heavy atom. The minimum absolute atomic E-state index is 0.652. The first-order chi connectivity index (χ1) is 34.7. The Morgan fingerprint density at radius 2 is 0.529 bits per heavy atom. The number of hydrogen-bond donors (Lipinski definition) is 0. The van der Waals surface area contributed by atoms with Crippen molar-refractivity contribution < 1.29 is 18.9 Å². The van der Waals surface area contributed by atoms with Crippen LogP contribution in [0.25, 0.3) is 44.5 Å². The van der Waals surface area contributed by atoms with E-state index in [-0.39, 0.29) is 0 Å². The van der Waals surface area contributed by atoms with E-state index in [1.165, 1.54) is 121 Å². The van der Waals surface area contributed by atoms with Gasteiger partial charge in [-0.15, -0.1) is 0 Å². The lowest BCUT2D eigenvalue weighted by Gasteiger charge is -2.18. The van der Waals surface area contributed by atoms with Crippen LogP contribution in [0.15, 0.2) is 146 Å². The molecule has 0 aromatic heterocycles. The second-order valence-corrected chi connectivity index (χ2v) is 19.3. The fourth-order valence-corrected chi connectivity index (χ4v) is 9.45. The predicted octanol–water partition coefficient (Wildman–Crippen LogP) is 20.0. The zero-order valence-electron chi connectivity index (χ0n) is 43.3. The largest absolute Gasteiger partial charge is 0.493 e. The maximum absolute atomic E-state index is 6.67. The molecule has 0 saturated carbocycles. The van der Waals surface area contributed by atoms with Crippen LogP contribution in [0.1, 0.15) is 168 Å². The molecule has 0 heterocycles. The van der Waals surface area contributed by atoms with Gasteiger partial charge in [0.1, 0.15) is 23.0 Å². The molecular formula is C66H86O4. The van der Waals surface area contributed by atoms with Crippen molar-refractivity contribution in [3.05, 3.63) is 146 Å². The maximum Gasteiger partial charge on any atom is 0.128 e. The van der Waals surface area contributed by atoms with E-state index in [0.29, 0.717) is 13.2 Å². The van der Waals surface area contributed by atoms with E-state index >= 15 is 0 Å². The van der Waals surface area contributed by atoms with Crippen molar-refractivity contribution in [3.63, 3.8) is 0 Å². The van der Waals surface area contributed by atoms with E-state index in [2.05, 4.69) is 159 Å². The Morgan fingerprint density at radius 1 is 0.229 bits per heavy atom. The van der Waals surface area contributed by atoms with Gasteiger partial charge in [-0.3, -0.25) is 0 Å². The van der Waals surface area contributed by atoms with Crippen molar-refractivity contribution in [2.75, 3.05) is 26.4 Å². The van der Waals surface area contributed by atoms with Crippen LogP contribution in [0.2, 0.25) is 0 Å². The van der Waals surface area contributed by atoms with Crippen molar-refractivity contribution in [1.29, 1.82) is 0 Å². The fraction of sp³-hybridized carbons (Fsp3) is 0.455. The molecule has 0 aliphatic rings. The molecule has 70 heavy (non-hydrogen) atoms.